The number of fused-ring (bicyclic) bond motifs is 1. The van der Waals surface area contributed by atoms with Crippen molar-refractivity contribution < 1.29 is 9.90 Å². The molecule has 1 aromatic carbocycles. The van der Waals surface area contributed by atoms with Crippen molar-refractivity contribution in [3.63, 3.8) is 0 Å². The highest BCUT2D eigenvalue weighted by Crippen LogP contribution is 2.20. The molecular weight excluding hydrogens is 252 g/mol. The van der Waals surface area contributed by atoms with E-state index in [1.807, 2.05) is 35.2 Å². The highest BCUT2D eigenvalue weighted by atomic mass is 16.3. The number of hydrogen-bond donors (Lipinski definition) is 1. The first-order valence-electron chi connectivity index (χ1n) is 7.03. The Morgan fingerprint density at radius 1 is 1.40 bits per heavy atom. The first kappa shape index (κ1) is 13.1. The van der Waals surface area contributed by atoms with Crippen LogP contribution in [0.15, 0.2) is 36.5 Å². The molecular formula is C16H18N2O2. The van der Waals surface area contributed by atoms with Gasteiger partial charge in [-0.1, -0.05) is 6.07 Å². The summed E-state index contributed by atoms with van der Waals surface area (Å²) in [6.07, 6.45) is 3.72. The number of hydrogen-bond acceptors (Lipinski definition) is 3. The highest BCUT2D eigenvalue weighted by Gasteiger charge is 2.24. The zero-order valence-electron chi connectivity index (χ0n) is 11.3. The van der Waals surface area contributed by atoms with Crippen LogP contribution in [0.4, 0.5) is 0 Å². The number of aromatic nitrogens is 1. The van der Waals surface area contributed by atoms with Crippen LogP contribution in [0.5, 0.6) is 0 Å². The summed E-state index contributed by atoms with van der Waals surface area (Å²) in [6.45, 7) is 1.59. The molecule has 1 aromatic heterocycles. The van der Waals surface area contributed by atoms with E-state index >= 15 is 0 Å². The van der Waals surface area contributed by atoms with Crippen molar-refractivity contribution in [1.82, 2.24) is 9.88 Å². The Bertz CT molecular complexity index is 627. The summed E-state index contributed by atoms with van der Waals surface area (Å²) in [5, 5.41) is 10.2. The number of benzene rings is 1. The molecule has 1 aliphatic heterocycles. The molecule has 3 rings (SSSR count). The van der Waals surface area contributed by atoms with Gasteiger partial charge in [-0.3, -0.25) is 9.78 Å². The molecule has 1 fully saturated rings. The van der Waals surface area contributed by atoms with E-state index in [2.05, 4.69) is 4.98 Å². The molecule has 4 heteroatoms. The maximum atomic E-state index is 12.5. The Morgan fingerprint density at radius 3 is 3.15 bits per heavy atom. The van der Waals surface area contributed by atoms with Crippen LogP contribution in [-0.4, -0.2) is 40.6 Å². The molecule has 0 bridgehead atoms. The summed E-state index contributed by atoms with van der Waals surface area (Å²) >= 11 is 0. The van der Waals surface area contributed by atoms with Gasteiger partial charge in [0.05, 0.1) is 5.52 Å². The Kier molecular flexibility index (Phi) is 3.65. The van der Waals surface area contributed by atoms with E-state index in [4.69, 9.17) is 0 Å². The summed E-state index contributed by atoms with van der Waals surface area (Å²) < 4.78 is 0. The summed E-state index contributed by atoms with van der Waals surface area (Å²) in [4.78, 5) is 18.6. The first-order chi connectivity index (χ1) is 9.78. The minimum atomic E-state index is 0.0499. The average molecular weight is 270 g/mol. The molecule has 1 saturated heterocycles. The molecule has 2 heterocycles. The van der Waals surface area contributed by atoms with Gasteiger partial charge in [0.1, 0.15) is 0 Å². The van der Waals surface area contributed by atoms with Gasteiger partial charge in [0.25, 0.3) is 5.91 Å². The van der Waals surface area contributed by atoms with Crippen LogP contribution in [0, 0.1) is 5.92 Å². The second-order valence-corrected chi connectivity index (χ2v) is 5.35. The lowest BCUT2D eigenvalue weighted by atomic mass is 9.98. The molecule has 20 heavy (non-hydrogen) atoms. The summed E-state index contributed by atoms with van der Waals surface area (Å²) in [6, 6.07) is 9.45. The van der Waals surface area contributed by atoms with Gasteiger partial charge in [0, 0.05) is 36.8 Å². The zero-order valence-corrected chi connectivity index (χ0v) is 11.3. The van der Waals surface area contributed by atoms with Crippen LogP contribution < -0.4 is 0 Å². The van der Waals surface area contributed by atoms with E-state index in [1.165, 1.54) is 0 Å². The molecule has 0 aliphatic carbocycles. The number of likely N-dealkylation sites (tertiary alicyclic amines) is 1. The van der Waals surface area contributed by atoms with Gasteiger partial charge in [-0.15, -0.1) is 0 Å². The van der Waals surface area contributed by atoms with Gasteiger partial charge in [0.2, 0.25) is 0 Å². The maximum Gasteiger partial charge on any atom is 0.253 e. The summed E-state index contributed by atoms with van der Waals surface area (Å²) in [5.41, 5.74) is 1.60. The molecule has 1 amide bonds. The second kappa shape index (κ2) is 5.59. The molecule has 0 radical (unpaired) electrons. The largest absolute Gasteiger partial charge is 0.396 e. The molecule has 1 N–H and O–H groups in total. The standard InChI is InChI=1S/C16H18N2O2/c19-11-12-3-2-8-18(10-12)16(20)14-5-6-15-13(9-14)4-1-7-17-15/h1,4-7,9,12,19H,2-3,8,10-11H2. The van der Waals surface area contributed by atoms with Gasteiger partial charge in [-0.25, -0.2) is 0 Å². The lowest BCUT2D eigenvalue weighted by molar-refractivity contribution is 0.0621. The highest BCUT2D eigenvalue weighted by molar-refractivity contribution is 5.98. The summed E-state index contributed by atoms with van der Waals surface area (Å²) in [7, 11) is 0. The summed E-state index contributed by atoms with van der Waals surface area (Å²) in [5.74, 6) is 0.267. The third-order valence-electron chi connectivity index (χ3n) is 3.91. The zero-order chi connectivity index (χ0) is 13.9. The monoisotopic (exact) mass is 270 g/mol. The normalized spacial score (nSPS) is 19.2. The SMILES string of the molecule is O=C(c1ccc2ncccc2c1)N1CCCC(CO)C1. The molecule has 1 aliphatic rings. The molecule has 4 nitrogen and oxygen atoms in total. The number of nitrogens with zero attached hydrogens (tertiary/aromatic N) is 2. The average Bonchev–Trinajstić information content (AvgIpc) is 2.53. The van der Waals surface area contributed by atoms with E-state index in [0.29, 0.717) is 12.1 Å². The number of aliphatic hydroxyl groups excluding tert-OH is 1. The van der Waals surface area contributed by atoms with Gasteiger partial charge in [-0.2, -0.15) is 0 Å². The molecule has 1 unspecified atom stereocenters. The fourth-order valence-corrected chi connectivity index (χ4v) is 2.79. The van der Waals surface area contributed by atoms with Crippen molar-refractivity contribution >= 4 is 16.8 Å². The molecule has 104 valence electrons. The predicted octanol–water partition coefficient (Wildman–Crippen LogP) is 2.08. The maximum absolute atomic E-state index is 12.5. The van der Waals surface area contributed by atoms with Gasteiger partial charge in [0.15, 0.2) is 0 Å². The molecule has 0 spiro atoms. The lowest BCUT2D eigenvalue weighted by Gasteiger charge is -2.32. The van der Waals surface area contributed by atoms with Crippen molar-refractivity contribution in [2.24, 2.45) is 5.92 Å². The van der Waals surface area contributed by atoms with Crippen LogP contribution >= 0.6 is 0 Å². The smallest absolute Gasteiger partial charge is 0.253 e. The number of carbonyl (C=O) groups excluding carboxylic acids is 1. The van der Waals surface area contributed by atoms with E-state index in [0.717, 1.165) is 30.3 Å². The van der Waals surface area contributed by atoms with Crippen molar-refractivity contribution in [2.45, 2.75) is 12.8 Å². The van der Waals surface area contributed by atoms with Crippen LogP contribution in [0.25, 0.3) is 10.9 Å². The Morgan fingerprint density at radius 2 is 2.30 bits per heavy atom. The fourth-order valence-electron chi connectivity index (χ4n) is 2.79. The molecule has 0 saturated carbocycles. The predicted molar refractivity (Wildman–Crippen MR) is 77.5 cm³/mol. The van der Waals surface area contributed by atoms with Crippen LogP contribution in [0.2, 0.25) is 0 Å². The number of rotatable bonds is 2. The van der Waals surface area contributed by atoms with Gasteiger partial charge in [-0.05, 0) is 43.0 Å². The minimum Gasteiger partial charge on any atom is -0.396 e. The van der Waals surface area contributed by atoms with Crippen molar-refractivity contribution in [2.75, 3.05) is 19.7 Å². The molecule has 2 aromatic rings. The molecule has 1 atom stereocenters. The van der Waals surface area contributed by atoms with Crippen molar-refractivity contribution in [1.29, 1.82) is 0 Å². The third-order valence-corrected chi connectivity index (χ3v) is 3.91. The number of pyridine rings is 1. The van der Waals surface area contributed by atoms with E-state index in [9.17, 15) is 9.90 Å². The fraction of sp³-hybridized carbons (Fsp3) is 0.375. The Hall–Kier alpha value is -1.94. The van der Waals surface area contributed by atoms with Crippen molar-refractivity contribution in [3.8, 4) is 0 Å². The van der Waals surface area contributed by atoms with Crippen molar-refractivity contribution in [3.05, 3.63) is 42.1 Å². The topological polar surface area (TPSA) is 53.4 Å². The number of aliphatic hydroxyl groups is 1. The lowest BCUT2D eigenvalue weighted by Crippen LogP contribution is -2.40. The Labute approximate surface area is 118 Å². The number of carbonyl (C=O) groups is 1. The Balaban J connectivity index is 1.84. The third kappa shape index (κ3) is 2.51. The van der Waals surface area contributed by atoms with Crippen LogP contribution in [0.1, 0.15) is 23.2 Å². The van der Waals surface area contributed by atoms with Crippen LogP contribution in [0.3, 0.4) is 0 Å². The number of amides is 1. The van der Waals surface area contributed by atoms with E-state index in [-0.39, 0.29) is 18.4 Å². The van der Waals surface area contributed by atoms with Gasteiger partial charge < -0.3 is 10.0 Å². The minimum absolute atomic E-state index is 0.0499. The number of piperidine rings is 1. The van der Waals surface area contributed by atoms with Gasteiger partial charge >= 0.3 is 0 Å². The first-order valence-corrected chi connectivity index (χ1v) is 7.03. The van der Waals surface area contributed by atoms with E-state index in [1.54, 1.807) is 6.20 Å². The van der Waals surface area contributed by atoms with Crippen LogP contribution in [-0.2, 0) is 0 Å². The quantitative estimate of drug-likeness (QED) is 0.909. The van der Waals surface area contributed by atoms with E-state index < -0.39 is 0 Å². The second-order valence-electron chi connectivity index (χ2n) is 5.35.